The Morgan fingerprint density at radius 3 is 2.68 bits per heavy atom. The van der Waals surface area contributed by atoms with E-state index in [2.05, 4.69) is 20.5 Å². The van der Waals surface area contributed by atoms with E-state index in [-0.39, 0.29) is 17.3 Å². The Kier molecular flexibility index (Phi) is 6.01. The molecule has 0 bridgehead atoms. The van der Waals surface area contributed by atoms with Gasteiger partial charge in [0.2, 0.25) is 11.1 Å². The molecule has 0 unspecified atom stereocenters. The lowest BCUT2D eigenvalue weighted by Crippen LogP contribution is -2.14. The van der Waals surface area contributed by atoms with Crippen molar-refractivity contribution in [1.82, 2.24) is 15.2 Å². The van der Waals surface area contributed by atoms with Crippen molar-refractivity contribution in [1.29, 1.82) is 0 Å². The van der Waals surface area contributed by atoms with Crippen LogP contribution in [0.3, 0.4) is 0 Å². The molecule has 1 fully saturated rings. The maximum Gasteiger partial charge on any atom is 0.234 e. The van der Waals surface area contributed by atoms with Crippen molar-refractivity contribution in [2.45, 2.75) is 43.7 Å². The number of anilines is 1. The van der Waals surface area contributed by atoms with Crippen molar-refractivity contribution >= 4 is 23.4 Å². The zero-order valence-electron chi connectivity index (χ0n) is 13.7. The fourth-order valence-electron chi connectivity index (χ4n) is 3.05. The molecule has 8 heteroatoms. The van der Waals surface area contributed by atoms with Gasteiger partial charge in [-0.3, -0.25) is 9.89 Å². The molecule has 0 radical (unpaired) electrons. The Morgan fingerprint density at radius 1 is 1.24 bits per heavy atom. The topological polar surface area (TPSA) is 70.7 Å². The molecule has 5 nitrogen and oxygen atoms in total. The summed E-state index contributed by atoms with van der Waals surface area (Å²) in [6.07, 6.45) is 7.24. The van der Waals surface area contributed by atoms with Crippen LogP contribution in [0.15, 0.2) is 23.4 Å². The van der Waals surface area contributed by atoms with E-state index in [1.807, 2.05) is 0 Å². The number of amides is 1. The molecule has 1 saturated carbocycles. The molecule has 134 valence electrons. The quantitative estimate of drug-likeness (QED) is 0.728. The summed E-state index contributed by atoms with van der Waals surface area (Å²) in [6, 6.07) is 2.89. The monoisotopic (exact) mass is 366 g/mol. The van der Waals surface area contributed by atoms with Gasteiger partial charge in [-0.05, 0) is 24.5 Å². The predicted octanol–water partition coefficient (Wildman–Crippen LogP) is 3.94. The van der Waals surface area contributed by atoms with E-state index < -0.39 is 11.6 Å². The number of hydrogen-bond donors (Lipinski definition) is 2. The summed E-state index contributed by atoms with van der Waals surface area (Å²) < 4.78 is 26.2. The van der Waals surface area contributed by atoms with Crippen molar-refractivity contribution in [3.63, 3.8) is 0 Å². The van der Waals surface area contributed by atoms with Gasteiger partial charge in [-0.1, -0.05) is 37.4 Å². The lowest BCUT2D eigenvalue weighted by Gasteiger charge is -2.05. The Morgan fingerprint density at radius 2 is 1.96 bits per heavy atom. The molecule has 1 aromatic carbocycles. The lowest BCUT2D eigenvalue weighted by atomic mass is 10.0. The molecule has 25 heavy (non-hydrogen) atoms. The first-order valence-electron chi connectivity index (χ1n) is 8.38. The van der Waals surface area contributed by atoms with Gasteiger partial charge in [0.1, 0.15) is 17.5 Å². The second-order valence-corrected chi connectivity index (χ2v) is 7.19. The number of aromatic nitrogens is 3. The van der Waals surface area contributed by atoms with Crippen LogP contribution in [0.2, 0.25) is 0 Å². The fourth-order valence-corrected chi connectivity index (χ4v) is 3.66. The zero-order valence-corrected chi connectivity index (χ0v) is 14.5. The second-order valence-electron chi connectivity index (χ2n) is 6.25. The van der Waals surface area contributed by atoms with E-state index >= 15 is 0 Å². The number of nitrogens with zero attached hydrogens (tertiary/aromatic N) is 2. The third kappa shape index (κ3) is 5.52. The number of benzene rings is 1. The molecular formula is C17H20F2N4OS. The van der Waals surface area contributed by atoms with Gasteiger partial charge in [0.15, 0.2) is 0 Å². The molecular weight excluding hydrogens is 346 g/mol. The summed E-state index contributed by atoms with van der Waals surface area (Å²) >= 11 is 1.18. The van der Waals surface area contributed by atoms with Crippen molar-refractivity contribution in [2.24, 2.45) is 5.92 Å². The second kappa shape index (κ2) is 8.42. The smallest absolute Gasteiger partial charge is 0.234 e. The molecule has 0 saturated heterocycles. The van der Waals surface area contributed by atoms with Gasteiger partial charge < -0.3 is 5.32 Å². The average Bonchev–Trinajstić information content (AvgIpc) is 3.21. The molecule has 1 aliphatic rings. The van der Waals surface area contributed by atoms with Gasteiger partial charge in [0, 0.05) is 18.2 Å². The first-order valence-corrected chi connectivity index (χ1v) is 9.37. The molecule has 0 atom stereocenters. The largest absolute Gasteiger partial charge is 0.325 e. The molecule has 2 aromatic rings. The number of thioether (sulfide) groups is 1. The summed E-state index contributed by atoms with van der Waals surface area (Å²) in [6.45, 7) is 0. The number of nitrogens with one attached hydrogen (secondary N) is 2. The third-order valence-electron chi connectivity index (χ3n) is 4.25. The van der Waals surface area contributed by atoms with Crippen molar-refractivity contribution < 1.29 is 13.6 Å². The maximum absolute atomic E-state index is 13.1. The molecule has 2 N–H and O–H groups in total. The first kappa shape index (κ1) is 17.8. The Bertz CT molecular complexity index is 711. The van der Waals surface area contributed by atoms with Crippen LogP contribution in [0.1, 0.15) is 37.9 Å². The Balaban J connectivity index is 1.44. The number of carbonyl (C=O) groups excluding carboxylic acids is 1. The number of aryl methyl sites for hydroxylation is 1. The Hall–Kier alpha value is -1.96. The van der Waals surface area contributed by atoms with Crippen molar-refractivity contribution in [3.8, 4) is 0 Å². The van der Waals surface area contributed by atoms with E-state index in [1.54, 1.807) is 0 Å². The van der Waals surface area contributed by atoms with E-state index in [9.17, 15) is 13.6 Å². The molecule has 0 aliphatic heterocycles. The van der Waals surface area contributed by atoms with Gasteiger partial charge in [-0.25, -0.2) is 13.8 Å². The first-order chi connectivity index (χ1) is 12.1. The van der Waals surface area contributed by atoms with E-state index in [4.69, 9.17) is 0 Å². The van der Waals surface area contributed by atoms with Crippen molar-refractivity contribution in [3.05, 3.63) is 35.7 Å². The highest BCUT2D eigenvalue weighted by atomic mass is 32.2. The highest BCUT2D eigenvalue weighted by Crippen LogP contribution is 2.28. The van der Waals surface area contributed by atoms with Gasteiger partial charge >= 0.3 is 0 Å². The summed E-state index contributed by atoms with van der Waals surface area (Å²) in [5, 5.41) is 9.96. The summed E-state index contributed by atoms with van der Waals surface area (Å²) in [4.78, 5) is 16.2. The number of carbonyl (C=O) groups is 1. The predicted molar refractivity (Wildman–Crippen MR) is 92.4 cm³/mol. The van der Waals surface area contributed by atoms with Crippen LogP contribution in [0.25, 0.3) is 0 Å². The normalized spacial score (nSPS) is 14.8. The molecule has 1 aliphatic carbocycles. The van der Waals surface area contributed by atoms with E-state index in [0.29, 0.717) is 5.16 Å². The van der Waals surface area contributed by atoms with Crippen LogP contribution in [-0.4, -0.2) is 26.8 Å². The molecule has 3 rings (SSSR count). The molecule has 1 heterocycles. The van der Waals surface area contributed by atoms with Gasteiger partial charge in [0.05, 0.1) is 5.75 Å². The van der Waals surface area contributed by atoms with Gasteiger partial charge in [0.25, 0.3) is 0 Å². The number of hydrogen-bond acceptors (Lipinski definition) is 4. The lowest BCUT2D eigenvalue weighted by molar-refractivity contribution is -0.113. The summed E-state index contributed by atoms with van der Waals surface area (Å²) in [5.74, 6) is -0.140. The molecule has 0 spiro atoms. The van der Waals surface area contributed by atoms with Crippen LogP contribution >= 0.6 is 11.8 Å². The SMILES string of the molecule is O=C(CSc1n[nH]c(CCC2CCCC2)n1)Nc1cc(F)cc(F)c1. The van der Waals surface area contributed by atoms with Gasteiger partial charge in [-0.15, -0.1) is 5.10 Å². The minimum Gasteiger partial charge on any atom is -0.325 e. The highest BCUT2D eigenvalue weighted by molar-refractivity contribution is 7.99. The van der Waals surface area contributed by atoms with E-state index in [1.165, 1.54) is 37.4 Å². The number of rotatable bonds is 7. The minimum absolute atomic E-state index is 0.0675. The van der Waals surface area contributed by atoms with Crippen LogP contribution < -0.4 is 5.32 Å². The maximum atomic E-state index is 13.1. The third-order valence-corrected chi connectivity index (χ3v) is 5.10. The molecule has 1 aromatic heterocycles. The zero-order chi connectivity index (χ0) is 17.6. The fraction of sp³-hybridized carbons (Fsp3) is 0.471. The number of halogens is 2. The van der Waals surface area contributed by atoms with E-state index in [0.717, 1.165) is 42.8 Å². The van der Waals surface area contributed by atoms with Gasteiger partial charge in [-0.2, -0.15) is 0 Å². The standard InChI is InChI=1S/C17H20F2N4OS/c18-12-7-13(19)9-14(8-12)20-16(24)10-25-17-21-15(22-23-17)6-5-11-3-1-2-4-11/h7-9,11H,1-6,10H2,(H,20,24)(H,21,22,23). The average molecular weight is 366 g/mol. The van der Waals surface area contributed by atoms with Crippen LogP contribution in [-0.2, 0) is 11.2 Å². The van der Waals surface area contributed by atoms with Crippen LogP contribution in [0.5, 0.6) is 0 Å². The summed E-state index contributed by atoms with van der Waals surface area (Å²) in [7, 11) is 0. The summed E-state index contributed by atoms with van der Waals surface area (Å²) in [5.41, 5.74) is 0.0929. The van der Waals surface area contributed by atoms with Crippen LogP contribution in [0, 0.1) is 17.6 Å². The number of H-pyrrole nitrogens is 1. The highest BCUT2D eigenvalue weighted by Gasteiger charge is 2.16. The van der Waals surface area contributed by atoms with Crippen molar-refractivity contribution in [2.75, 3.05) is 11.1 Å². The number of aromatic amines is 1. The molecule has 1 amide bonds. The van der Waals surface area contributed by atoms with Crippen LogP contribution in [0.4, 0.5) is 14.5 Å². The minimum atomic E-state index is -0.733. The Labute approximate surface area is 149 Å².